The SMILES string of the molecule is CC(Cn1cccn1)N(CC(=O)N(C)Cc1c(F)cccc1Cl)CC(=O)N(C)Cc1c(F)cccc1Cl. The predicted molar refractivity (Wildman–Crippen MR) is 139 cm³/mol. The zero-order valence-electron chi connectivity index (χ0n) is 20.9. The van der Waals surface area contributed by atoms with Crippen molar-refractivity contribution < 1.29 is 18.4 Å². The third-order valence-electron chi connectivity index (χ3n) is 6.08. The zero-order valence-corrected chi connectivity index (χ0v) is 22.4. The van der Waals surface area contributed by atoms with Crippen molar-refractivity contribution in [2.24, 2.45) is 0 Å². The standard InChI is InChI=1S/C26H29Cl2F2N5O2/c1-18(13-35-12-6-11-31-35)34(16-25(36)32(2)14-19-21(27)7-4-9-23(19)29)17-26(37)33(3)15-20-22(28)8-5-10-24(20)30/h4-12,18H,13-17H2,1-3H3. The largest absolute Gasteiger partial charge is 0.340 e. The summed E-state index contributed by atoms with van der Waals surface area (Å²) in [5, 5.41) is 4.66. The number of amides is 2. The lowest BCUT2D eigenvalue weighted by molar-refractivity contribution is -0.136. The Kier molecular flexibility index (Phi) is 10.0. The topological polar surface area (TPSA) is 61.7 Å². The van der Waals surface area contributed by atoms with E-state index in [1.165, 1.54) is 34.1 Å². The first-order valence-corrected chi connectivity index (χ1v) is 12.4. The summed E-state index contributed by atoms with van der Waals surface area (Å²) < 4.78 is 30.2. The molecule has 0 aliphatic heterocycles. The van der Waals surface area contributed by atoms with E-state index in [1.807, 2.05) is 6.92 Å². The molecule has 0 spiro atoms. The van der Waals surface area contributed by atoms with Gasteiger partial charge in [0.25, 0.3) is 0 Å². The van der Waals surface area contributed by atoms with Crippen LogP contribution in [0, 0.1) is 11.6 Å². The summed E-state index contributed by atoms with van der Waals surface area (Å²) in [5.41, 5.74) is 0.433. The lowest BCUT2D eigenvalue weighted by Gasteiger charge is -2.31. The highest BCUT2D eigenvalue weighted by Gasteiger charge is 2.25. The fourth-order valence-electron chi connectivity index (χ4n) is 3.77. The summed E-state index contributed by atoms with van der Waals surface area (Å²) >= 11 is 12.2. The molecule has 3 aromatic rings. The molecule has 1 heterocycles. The number of likely N-dealkylation sites (N-methyl/N-ethyl adjacent to an activating group) is 2. The summed E-state index contributed by atoms with van der Waals surface area (Å²) in [6, 6.07) is 10.2. The van der Waals surface area contributed by atoms with Crippen LogP contribution in [-0.2, 0) is 29.2 Å². The lowest BCUT2D eigenvalue weighted by Crippen LogP contribution is -2.48. The van der Waals surface area contributed by atoms with Crippen molar-refractivity contribution in [1.29, 1.82) is 0 Å². The molecule has 1 unspecified atom stereocenters. The lowest BCUT2D eigenvalue weighted by atomic mass is 10.2. The molecular weight excluding hydrogens is 523 g/mol. The Morgan fingerprint density at radius 2 is 1.38 bits per heavy atom. The van der Waals surface area contributed by atoms with E-state index in [-0.39, 0.29) is 65.2 Å². The zero-order chi connectivity index (χ0) is 27.1. The summed E-state index contributed by atoms with van der Waals surface area (Å²) in [5.74, 6) is -1.64. The molecule has 0 N–H and O–H groups in total. The van der Waals surface area contributed by atoms with Crippen LogP contribution in [0.2, 0.25) is 10.0 Å². The van der Waals surface area contributed by atoms with Crippen molar-refractivity contribution in [1.82, 2.24) is 24.5 Å². The van der Waals surface area contributed by atoms with E-state index in [9.17, 15) is 18.4 Å². The minimum absolute atomic E-state index is 0.0225. The van der Waals surface area contributed by atoms with E-state index < -0.39 is 11.6 Å². The Balaban J connectivity index is 1.73. The first-order chi connectivity index (χ1) is 17.6. The molecule has 0 radical (unpaired) electrons. The van der Waals surface area contributed by atoms with Gasteiger partial charge in [-0.2, -0.15) is 5.10 Å². The van der Waals surface area contributed by atoms with Gasteiger partial charge in [-0.05, 0) is 37.3 Å². The molecule has 11 heteroatoms. The molecule has 0 aliphatic carbocycles. The summed E-state index contributed by atoms with van der Waals surface area (Å²) in [7, 11) is 3.10. The second kappa shape index (κ2) is 13.0. The Hall–Kier alpha value is -3.01. The number of nitrogens with zero attached hydrogens (tertiary/aromatic N) is 5. The maximum atomic E-state index is 14.2. The Labute approximate surface area is 225 Å². The van der Waals surface area contributed by atoms with Crippen LogP contribution < -0.4 is 0 Å². The number of aromatic nitrogens is 2. The molecule has 3 rings (SSSR count). The van der Waals surface area contributed by atoms with Crippen molar-refractivity contribution >= 4 is 35.0 Å². The van der Waals surface area contributed by atoms with E-state index in [0.29, 0.717) is 6.54 Å². The summed E-state index contributed by atoms with van der Waals surface area (Å²) in [4.78, 5) is 30.7. The molecule has 0 fully saturated rings. The maximum absolute atomic E-state index is 14.2. The Bertz CT molecular complexity index is 1110. The van der Waals surface area contributed by atoms with Crippen molar-refractivity contribution in [3.8, 4) is 0 Å². The summed E-state index contributed by atoms with van der Waals surface area (Å²) in [6.07, 6.45) is 3.43. The van der Waals surface area contributed by atoms with Crippen LogP contribution in [0.4, 0.5) is 8.78 Å². The van der Waals surface area contributed by atoms with Gasteiger partial charge in [0.05, 0.1) is 19.6 Å². The third kappa shape index (κ3) is 7.74. The average Bonchev–Trinajstić information content (AvgIpc) is 3.36. The van der Waals surface area contributed by atoms with Crippen molar-refractivity contribution in [2.75, 3.05) is 27.2 Å². The molecule has 1 atom stereocenters. The van der Waals surface area contributed by atoms with Gasteiger partial charge in [-0.25, -0.2) is 8.78 Å². The number of rotatable bonds is 11. The normalized spacial score (nSPS) is 12.0. The Morgan fingerprint density at radius 1 is 0.892 bits per heavy atom. The molecule has 0 saturated heterocycles. The van der Waals surface area contributed by atoms with E-state index in [2.05, 4.69) is 5.10 Å². The second-order valence-corrected chi connectivity index (χ2v) is 9.70. The second-order valence-electron chi connectivity index (χ2n) is 8.88. The number of benzene rings is 2. The number of carbonyl (C=O) groups excluding carboxylic acids is 2. The fraction of sp³-hybridized carbons (Fsp3) is 0.346. The molecule has 1 aromatic heterocycles. The number of hydrogen-bond acceptors (Lipinski definition) is 4. The van der Waals surface area contributed by atoms with Crippen molar-refractivity contribution in [3.63, 3.8) is 0 Å². The van der Waals surface area contributed by atoms with Crippen LogP contribution in [0.5, 0.6) is 0 Å². The molecule has 37 heavy (non-hydrogen) atoms. The van der Waals surface area contributed by atoms with Crippen molar-refractivity contribution in [3.05, 3.63) is 87.7 Å². The molecule has 2 aromatic carbocycles. The number of hydrogen-bond donors (Lipinski definition) is 0. The van der Waals surface area contributed by atoms with Gasteiger partial charge in [-0.15, -0.1) is 0 Å². The highest BCUT2D eigenvalue weighted by atomic mass is 35.5. The molecule has 7 nitrogen and oxygen atoms in total. The van der Waals surface area contributed by atoms with E-state index >= 15 is 0 Å². The van der Waals surface area contributed by atoms with Crippen LogP contribution in [0.3, 0.4) is 0 Å². The van der Waals surface area contributed by atoms with Crippen LogP contribution >= 0.6 is 23.2 Å². The number of halogens is 4. The van der Waals surface area contributed by atoms with Crippen molar-refractivity contribution in [2.45, 2.75) is 32.6 Å². The summed E-state index contributed by atoms with van der Waals surface area (Å²) in [6.45, 7) is 2.05. The molecule has 0 saturated carbocycles. The first-order valence-electron chi connectivity index (χ1n) is 11.6. The van der Waals surface area contributed by atoms with Crippen LogP contribution in [-0.4, -0.2) is 69.5 Å². The quantitative estimate of drug-likeness (QED) is 0.352. The highest BCUT2D eigenvalue weighted by molar-refractivity contribution is 6.31. The van der Waals surface area contributed by atoms with Crippen LogP contribution in [0.1, 0.15) is 18.1 Å². The average molecular weight is 552 g/mol. The van der Waals surface area contributed by atoms with Gasteiger partial charge >= 0.3 is 0 Å². The highest BCUT2D eigenvalue weighted by Crippen LogP contribution is 2.22. The predicted octanol–water partition coefficient (Wildman–Crippen LogP) is 4.48. The molecule has 198 valence electrons. The van der Waals surface area contributed by atoms with Gasteiger partial charge in [-0.3, -0.25) is 19.2 Å². The van der Waals surface area contributed by atoms with E-state index in [4.69, 9.17) is 23.2 Å². The van der Waals surface area contributed by atoms with E-state index in [0.717, 1.165) is 0 Å². The van der Waals surface area contributed by atoms with Gasteiger partial charge in [-0.1, -0.05) is 35.3 Å². The van der Waals surface area contributed by atoms with Gasteiger partial charge in [0, 0.05) is 66.8 Å². The molecule has 0 bridgehead atoms. The Morgan fingerprint density at radius 3 is 1.78 bits per heavy atom. The maximum Gasteiger partial charge on any atom is 0.236 e. The minimum atomic E-state index is -0.500. The van der Waals surface area contributed by atoms with Gasteiger partial charge in [0.15, 0.2) is 0 Å². The monoisotopic (exact) mass is 551 g/mol. The van der Waals surface area contributed by atoms with Crippen LogP contribution in [0.15, 0.2) is 54.9 Å². The first kappa shape index (κ1) is 28.6. The molecule has 2 amide bonds. The van der Waals surface area contributed by atoms with Gasteiger partial charge in [0.1, 0.15) is 11.6 Å². The molecule has 0 aliphatic rings. The third-order valence-corrected chi connectivity index (χ3v) is 6.78. The van der Waals surface area contributed by atoms with Gasteiger partial charge < -0.3 is 9.80 Å². The smallest absolute Gasteiger partial charge is 0.236 e. The number of carbonyl (C=O) groups is 2. The van der Waals surface area contributed by atoms with E-state index in [1.54, 1.807) is 54.3 Å². The van der Waals surface area contributed by atoms with Gasteiger partial charge in [0.2, 0.25) is 11.8 Å². The molecular formula is C26H29Cl2F2N5O2. The minimum Gasteiger partial charge on any atom is -0.340 e. The fourth-order valence-corrected chi connectivity index (χ4v) is 4.21. The van der Waals surface area contributed by atoms with Crippen LogP contribution in [0.25, 0.3) is 0 Å².